The fourth-order valence-corrected chi connectivity index (χ4v) is 2.83. The van der Waals surface area contributed by atoms with Gasteiger partial charge in [-0.05, 0) is 43.0 Å². The molecule has 24 heavy (non-hydrogen) atoms. The highest BCUT2D eigenvalue weighted by atomic mass is 19.1. The van der Waals surface area contributed by atoms with Gasteiger partial charge in [0.1, 0.15) is 11.9 Å². The first kappa shape index (κ1) is 16.1. The van der Waals surface area contributed by atoms with Crippen LogP contribution in [-0.2, 0) is 4.79 Å². The standard InChI is InChI=1S/C16H17FN4O3/c1-10-6-7-20(14(8-10)16(23)24)15(22)13-9-18-21(19-13)12-4-2-11(17)3-5-12/h2-5,9-10,14H,6-8H2,1H3,(H,23,24). The van der Waals surface area contributed by atoms with Gasteiger partial charge in [0, 0.05) is 6.54 Å². The van der Waals surface area contributed by atoms with Crippen LogP contribution in [0.2, 0.25) is 0 Å². The molecule has 8 heteroatoms. The topological polar surface area (TPSA) is 88.3 Å². The summed E-state index contributed by atoms with van der Waals surface area (Å²) in [5, 5.41) is 17.5. The number of carbonyl (C=O) groups excluding carboxylic acids is 1. The first-order chi connectivity index (χ1) is 11.5. The molecule has 7 nitrogen and oxygen atoms in total. The Bertz CT molecular complexity index is 759. The van der Waals surface area contributed by atoms with Crippen LogP contribution < -0.4 is 0 Å². The normalized spacial score (nSPS) is 20.8. The number of carboxylic acids is 1. The predicted octanol–water partition coefficient (Wildman–Crippen LogP) is 1.73. The molecule has 2 aromatic rings. The van der Waals surface area contributed by atoms with Gasteiger partial charge in [-0.2, -0.15) is 9.90 Å². The zero-order valence-electron chi connectivity index (χ0n) is 13.1. The van der Waals surface area contributed by atoms with Crippen molar-refractivity contribution in [2.75, 3.05) is 6.54 Å². The molecule has 0 saturated carbocycles. The number of likely N-dealkylation sites (tertiary alicyclic amines) is 1. The number of carbonyl (C=O) groups is 2. The third kappa shape index (κ3) is 3.12. The summed E-state index contributed by atoms with van der Waals surface area (Å²) < 4.78 is 13.0. The van der Waals surface area contributed by atoms with Crippen molar-refractivity contribution >= 4 is 11.9 Å². The number of benzene rings is 1. The summed E-state index contributed by atoms with van der Waals surface area (Å²) in [6, 6.07) is 4.68. The van der Waals surface area contributed by atoms with Crippen LogP contribution in [0.15, 0.2) is 30.5 Å². The maximum Gasteiger partial charge on any atom is 0.326 e. The number of hydrogen-bond acceptors (Lipinski definition) is 4. The highest BCUT2D eigenvalue weighted by Gasteiger charge is 2.36. The van der Waals surface area contributed by atoms with Crippen LogP contribution in [0.3, 0.4) is 0 Å². The third-order valence-electron chi connectivity index (χ3n) is 4.18. The zero-order valence-corrected chi connectivity index (χ0v) is 13.1. The number of halogens is 1. The average molecular weight is 332 g/mol. The molecule has 1 aromatic heterocycles. The van der Waals surface area contributed by atoms with Crippen LogP contribution in [0, 0.1) is 11.7 Å². The summed E-state index contributed by atoms with van der Waals surface area (Å²) in [4.78, 5) is 26.6. The van der Waals surface area contributed by atoms with E-state index in [1.807, 2.05) is 6.92 Å². The van der Waals surface area contributed by atoms with Crippen molar-refractivity contribution in [2.45, 2.75) is 25.8 Å². The van der Waals surface area contributed by atoms with Gasteiger partial charge in [0.25, 0.3) is 5.91 Å². The Hall–Kier alpha value is -2.77. The third-order valence-corrected chi connectivity index (χ3v) is 4.18. The molecule has 3 rings (SSSR count). The largest absolute Gasteiger partial charge is 0.480 e. The summed E-state index contributed by atoms with van der Waals surface area (Å²) in [6.45, 7) is 2.35. The molecule has 1 aliphatic heterocycles. The Labute approximate surface area is 137 Å². The molecule has 0 spiro atoms. The second-order valence-electron chi connectivity index (χ2n) is 5.98. The Morgan fingerprint density at radius 2 is 2.00 bits per heavy atom. The zero-order chi connectivity index (χ0) is 17.3. The van der Waals surface area contributed by atoms with E-state index < -0.39 is 17.9 Å². The molecular formula is C16H17FN4O3. The van der Waals surface area contributed by atoms with E-state index in [0.29, 0.717) is 18.7 Å². The fourth-order valence-electron chi connectivity index (χ4n) is 2.83. The molecule has 0 radical (unpaired) electrons. The summed E-state index contributed by atoms with van der Waals surface area (Å²) in [5.41, 5.74) is 0.581. The molecule has 126 valence electrons. The maximum atomic E-state index is 13.0. The fraction of sp³-hybridized carbons (Fsp3) is 0.375. The summed E-state index contributed by atoms with van der Waals surface area (Å²) in [5.74, 6) is -1.59. The highest BCUT2D eigenvalue weighted by Crippen LogP contribution is 2.24. The van der Waals surface area contributed by atoms with Crippen molar-refractivity contribution in [3.8, 4) is 5.69 Å². The molecule has 1 N–H and O–H groups in total. The molecule has 2 atom stereocenters. The Morgan fingerprint density at radius 3 is 2.67 bits per heavy atom. The molecule has 1 aliphatic rings. The lowest BCUT2D eigenvalue weighted by molar-refractivity contribution is -0.144. The molecule has 0 aliphatic carbocycles. The van der Waals surface area contributed by atoms with Gasteiger partial charge in [-0.1, -0.05) is 6.92 Å². The van der Waals surface area contributed by atoms with Crippen molar-refractivity contribution in [3.63, 3.8) is 0 Å². The number of rotatable bonds is 3. The van der Waals surface area contributed by atoms with E-state index >= 15 is 0 Å². The van der Waals surface area contributed by atoms with Crippen LogP contribution in [-0.4, -0.2) is 49.5 Å². The Kier molecular flexibility index (Phi) is 4.28. The molecule has 1 fully saturated rings. The monoisotopic (exact) mass is 332 g/mol. The molecule has 1 amide bonds. The van der Waals surface area contributed by atoms with Crippen molar-refractivity contribution in [1.82, 2.24) is 19.9 Å². The summed E-state index contributed by atoms with van der Waals surface area (Å²) >= 11 is 0. The van der Waals surface area contributed by atoms with Crippen LogP contribution >= 0.6 is 0 Å². The second-order valence-corrected chi connectivity index (χ2v) is 5.98. The van der Waals surface area contributed by atoms with Gasteiger partial charge in [-0.25, -0.2) is 9.18 Å². The number of piperidine rings is 1. The minimum Gasteiger partial charge on any atom is -0.480 e. The SMILES string of the molecule is CC1CCN(C(=O)c2cnn(-c3ccc(F)cc3)n2)C(C(=O)O)C1. The lowest BCUT2D eigenvalue weighted by Crippen LogP contribution is -2.49. The van der Waals surface area contributed by atoms with Gasteiger partial charge in [-0.15, -0.1) is 5.10 Å². The van der Waals surface area contributed by atoms with E-state index in [9.17, 15) is 19.1 Å². The highest BCUT2D eigenvalue weighted by molar-refractivity contribution is 5.94. The van der Waals surface area contributed by atoms with Gasteiger partial charge < -0.3 is 10.0 Å². The van der Waals surface area contributed by atoms with Crippen molar-refractivity contribution in [3.05, 3.63) is 42.0 Å². The summed E-state index contributed by atoms with van der Waals surface area (Å²) in [6.07, 6.45) is 2.47. The quantitative estimate of drug-likeness (QED) is 0.925. The van der Waals surface area contributed by atoms with Gasteiger partial charge in [0.2, 0.25) is 0 Å². The lowest BCUT2D eigenvalue weighted by Gasteiger charge is -2.35. The molecule has 1 aromatic carbocycles. The van der Waals surface area contributed by atoms with E-state index in [-0.39, 0.29) is 17.4 Å². The van der Waals surface area contributed by atoms with Crippen molar-refractivity contribution in [1.29, 1.82) is 0 Å². The van der Waals surface area contributed by atoms with E-state index in [0.717, 1.165) is 6.42 Å². The molecular weight excluding hydrogens is 315 g/mol. The molecule has 2 heterocycles. The second kappa shape index (κ2) is 6.38. The van der Waals surface area contributed by atoms with Crippen molar-refractivity contribution in [2.24, 2.45) is 5.92 Å². The number of aliphatic carboxylic acids is 1. The minimum atomic E-state index is -1.01. The van der Waals surface area contributed by atoms with E-state index in [1.54, 1.807) is 0 Å². The first-order valence-electron chi connectivity index (χ1n) is 7.68. The van der Waals surface area contributed by atoms with Crippen LogP contribution in [0.5, 0.6) is 0 Å². The van der Waals surface area contributed by atoms with Gasteiger partial charge in [0.15, 0.2) is 5.69 Å². The Morgan fingerprint density at radius 1 is 1.29 bits per heavy atom. The summed E-state index contributed by atoms with van der Waals surface area (Å²) in [7, 11) is 0. The lowest BCUT2D eigenvalue weighted by atomic mass is 9.92. The smallest absolute Gasteiger partial charge is 0.326 e. The van der Waals surface area contributed by atoms with Gasteiger partial charge in [-0.3, -0.25) is 4.79 Å². The van der Waals surface area contributed by atoms with E-state index in [2.05, 4.69) is 10.2 Å². The minimum absolute atomic E-state index is 0.0696. The molecule has 0 bridgehead atoms. The van der Waals surface area contributed by atoms with Crippen LogP contribution in [0.25, 0.3) is 5.69 Å². The molecule has 1 saturated heterocycles. The van der Waals surface area contributed by atoms with Gasteiger partial charge >= 0.3 is 5.97 Å². The number of nitrogens with zero attached hydrogens (tertiary/aromatic N) is 4. The number of carboxylic acid groups (broad SMARTS) is 1. The van der Waals surface area contributed by atoms with E-state index in [1.165, 1.54) is 40.2 Å². The predicted molar refractivity (Wildman–Crippen MR) is 82.2 cm³/mol. The maximum absolute atomic E-state index is 13.0. The van der Waals surface area contributed by atoms with Gasteiger partial charge in [0.05, 0.1) is 11.9 Å². The number of amides is 1. The van der Waals surface area contributed by atoms with Crippen LogP contribution in [0.1, 0.15) is 30.3 Å². The van der Waals surface area contributed by atoms with Crippen molar-refractivity contribution < 1.29 is 19.1 Å². The first-order valence-corrected chi connectivity index (χ1v) is 7.68. The number of aromatic nitrogens is 3. The number of hydrogen-bond donors (Lipinski definition) is 1. The van der Waals surface area contributed by atoms with E-state index in [4.69, 9.17) is 0 Å². The van der Waals surface area contributed by atoms with Crippen LogP contribution in [0.4, 0.5) is 4.39 Å². The average Bonchev–Trinajstić information content (AvgIpc) is 3.04. The molecule has 2 unspecified atom stereocenters. The Balaban J connectivity index is 1.82.